The van der Waals surface area contributed by atoms with E-state index in [1.54, 1.807) is 41.5 Å². The molecule has 0 heterocycles. The maximum atomic E-state index is 14.1. The van der Waals surface area contributed by atoms with Crippen molar-refractivity contribution in [2.45, 2.75) is 166 Å². The molecule has 0 spiro atoms. The summed E-state index contributed by atoms with van der Waals surface area (Å²) in [5, 5.41) is 61.3. The summed E-state index contributed by atoms with van der Waals surface area (Å²) in [6.45, 7) is 10.4. The van der Waals surface area contributed by atoms with Crippen LogP contribution in [0.3, 0.4) is 0 Å². The van der Waals surface area contributed by atoms with Crippen molar-refractivity contribution in [3.63, 3.8) is 0 Å². The summed E-state index contributed by atoms with van der Waals surface area (Å²) in [5.41, 5.74) is 22.3. The average molecular weight is 1140 g/mol. The lowest BCUT2D eigenvalue weighted by molar-refractivity contribution is -0.143. The largest absolute Gasteiger partial charge is 0.481 e. The lowest BCUT2D eigenvalue weighted by atomic mass is 10.00. The minimum absolute atomic E-state index is 0.00128. The van der Waals surface area contributed by atoms with Gasteiger partial charge in [0.1, 0.15) is 54.4 Å². The van der Waals surface area contributed by atoms with Gasteiger partial charge in [-0.05, 0) is 69.7 Å². The first-order chi connectivity index (χ1) is 35.9. The number of amides is 9. The number of hydrogen-bond acceptors (Lipinski definition) is 18. The summed E-state index contributed by atoms with van der Waals surface area (Å²) in [6.07, 6.45) is -1.49. The third-order valence-electron chi connectivity index (χ3n) is 11.3. The molecule has 77 heavy (non-hydrogen) atoms. The van der Waals surface area contributed by atoms with Crippen LogP contribution in [0.25, 0.3) is 0 Å². The highest BCUT2D eigenvalue weighted by molar-refractivity contribution is 7.80. The Morgan fingerprint density at radius 2 is 0.909 bits per heavy atom. The van der Waals surface area contributed by atoms with Crippen molar-refractivity contribution >= 4 is 96.3 Å². The molecular weight excluding hydrogens is 1050 g/mol. The number of thiol groups is 2. The van der Waals surface area contributed by atoms with Gasteiger partial charge in [0.2, 0.25) is 53.2 Å². The topological polar surface area (TPSA) is 493 Å². The molecule has 29 nitrogen and oxygen atoms in total. The Morgan fingerprint density at radius 3 is 1.35 bits per heavy atom. The van der Waals surface area contributed by atoms with Crippen LogP contribution >= 0.6 is 25.3 Å². The summed E-state index contributed by atoms with van der Waals surface area (Å²) < 4.78 is 0. The van der Waals surface area contributed by atoms with Gasteiger partial charge in [0.15, 0.2) is 5.96 Å². The fraction of sp³-hybridized carbons (Fsp3) is 0.739. The van der Waals surface area contributed by atoms with Gasteiger partial charge < -0.3 is 91.2 Å². The second-order valence-electron chi connectivity index (χ2n) is 19.5. The van der Waals surface area contributed by atoms with E-state index >= 15 is 0 Å². The number of carboxylic acid groups (broad SMARTS) is 2. The fourth-order valence-corrected chi connectivity index (χ4v) is 7.63. The number of carbonyl (C=O) groups excluding carboxylic acids is 9. The standard InChI is InChI=1S/C46H84N14O15S2/c1-21(2)15-27(39(68)58-32(20-77)43(72)59-34(23(5)6)45(74)75)53-37(66)26(12-10-14-51-46(49)50)52-38(67)28(16-22(3)4)55-44(73)35(24(7)62)60-41(70)30(18-61)56-40(69)29(17-33(63)64)54-42(71)31(19-76)57-36(65)25(48)11-8-9-13-47/h21-32,34-35,61-62,76-77H,8-20,47-48H2,1-7H3,(H,52,67)(H,53,66)(H,54,71)(H,55,73)(H,56,69)(H,57,65)(H,58,68)(H,59,72)(H,60,70)(H,63,64)(H,74,75)(H4,49,50,51)/t24-,25+,26+,27+,28+,29+,30+,31+,32+,34+,35+/m1/s1. The predicted octanol–water partition coefficient (Wildman–Crippen LogP) is -5.60. The van der Waals surface area contributed by atoms with Gasteiger partial charge in [0.25, 0.3) is 0 Å². The van der Waals surface area contributed by atoms with Crippen molar-refractivity contribution in [2.24, 2.45) is 45.7 Å². The second-order valence-corrected chi connectivity index (χ2v) is 20.2. The van der Waals surface area contributed by atoms with Crippen molar-refractivity contribution in [1.29, 1.82) is 0 Å². The van der Waals surface area contributed by atoms with E-state index in [0.717, 1.165) is 6.92 Å². The first-order valence-corrected chi connectivity index (χ1v) is 26.4. The smallest absolute Gasteiger partial charge is 0.326 e. The number of nitrogens with two attached hydrogens (primary N) is 4. The van der Waals surface area contributed by atoms with Crippen molar-refractivity contribution < 1.29 is 73.2 Å². The van der Waals surface area contributed by atoms with Crippen molar-refractivity contribution in [3.05, 3.63) is 0 Å². The van der Waals surface area contributed by atoms with Crippen molar-refractivity contribution in [3.8, 4) is 0 Å². The number of aliphatic hydroxyl groups excluding tert-OH is 2. The first kappa shape index (κ1) is 71.0. The molecule has 0 aliphatic heterocycles. The molecule has 0 saturated heterocycles. The van der Waals surface area contributed by atoms with Crippen LogP contribution in [0.15, 0.2) is 4.99 Å². The minimum atomic E-state index is -1.93. The van der Waals surface area contributed by atoms with E-state index in [1.165, 1.54) is 0 Å². The summed E-state index contributed by atoms with van der Waals surface area (Å²) >= 11 is 8.22. The van der Waals surface area contributed by atoms with Crippen LogP contribution in [0.1, 0.15) is 99.8 Å². The summed E-state index contributed by atoms with van der Waals surface area (Å²) in [7, 11) is 0. The van der Waals surface area contributed by atoms with Crippen LogP contribution in [-0.2, 0) is 52.7 Å². The number of unbranched alkanes of at least 4 members (excludes halogenated alkanes) is 1. The zero-order valence-electron chi connectivity index (χ0n) is 44.7. The lowest BCUT2D eigenvalue weighted by Gasteiger charge is -2.29. The molecule has 0 fully saturated rings. The first-order valence-electron chi connectivity index (χ1n) is 25.1. The maximum Gasteiger partial charge on any atom is 0.326 e. The summed E-state index contributed by atoms with van der Waals surface area (Å²) in [5.74, 6) is -13.7. The molecule has 0 aliphatic carbocycles. The van der Waals surface area contributed by atoms with Gasteiger partial charge >= 0.3 is 11.9 Å². The van der Waals surface area contributed by atoms with Gasteiger partial charge in [-0.15, -0.1) is 0 Å². The Bertz CT molecular complexity index is 2010. The highest BCUT2D eigenvalue weighted by Crippen LogP contribution is 2.12. The number of aliphatic imine (C=N–C) groups is 1. The van der Waals surface area contributed by atoms with Crippen LogP contribution in [-0.4, -0.2) is 189 Å². The van der Waals surface area contributed by atoms with Crippen LogP contribution in [0.2, 0.25) is 0 Å². The monoisotopic (exact) mass is 1140 g/mol. The molecule has 0 unspecified atom stereocenters. The molecule has 0 aromatic rings. The molecule has 0 aliphatic rings. The predicted molar refractivity (Wildman–Crippen MR) is 288 cm³/mol. The van der Waals surface area contributed by atoms with Gasteiger partial charge in [-0.2, -0.15) is 25.3 Å². The normalized spacial score (nSPS) is 15.5. The Hall–Kier alpha value is -6.02. The zero-order chi connectivity index (χ0) is 59.3. The maximum absolute atomic E-state index is 14.1. The summed E-state index contributed by atoms with van der Waals surface area (Å²) in [6, 6.07) is -14.9. The zero-order valence-corrected chi connectivity index (χ0v) is 46.5. The second kappa shape index (κ2) is 36.9. The number of carboxylic acids is 2. The minimum Gasteiger partial charge on any atom is -0.481 e. The number of rotatable bonds is 38. The van der Waals surface area contributed by atoms with Crippen molar-refractivity contribution in [1.82, 2.24) is 47.9 Å². The Kier molecular flexibility index (Phi) is 34.0. The third kappa shape index (κ3) is 27.7. The molecule has 0 radical (unpaired) electrons. The Balaban J connectivity index is 6.55. The van der Waals surface area contributed by atoms with Crippen LogP contribution in [0, 0.1) is 17.8 Å². The lowest BCUT2D eigenvalue weighted by Crippen LogP contribution is -2.62. The summed E-state index contributed by atoms with van der Waals surface area (Å²) in [4.78, 5) is 149. The molecule has 31 heteroatoms. The third-order valence-corrected chi connectivity index (χ3v) is 12.0. The molecular formula is C46H84N14O15S2. The van der Waals surface area contributed by atoms with Gasteiger partial charge in [-0.25, -0.2) is 4.79 Å². The van der Waals surface area contributed by atoms with Crippen LogP contribution < -0.4 is 70.8 Å². The van der Waals surface area contributed by atoms with Gasteiger partial charge in [0, 0.05) is 18.1 Å². The molecule has 0 saturated carbocycles. The molecule has 0 aromatic heterocycles. The van der Waals surface area contributed by atoms with E-state index in [4.69, 9.17) is 22.9 Å². The highest BCUT2D eigenvalue weighted by atomic mass is 32.1. The van der Waals surface area contributed by atoms with E-state index < -0.39 is 151 Å². The van der Waals surface area contributed by atoms with Gasteiger partial charge in [-0.1, -0.05) is 48.0 Å². The average Bonchev–Trinajstić information content (AvgIpc) is 3.33. The number of carbonyl (C=O) groups is 11. The number of nitrogens with zero attached hydrogens (tertiary/aromatic N) is 1. The van der Waals surface area contributed by atoms with Crippen LogP contribution in [0.4, 0.5) is 0 Å². The fourth-order valence-electron chi connectivity index (χ4n) is 7.11. The van der Waals surface area contributed by atoms with E-state index in [1.807, 2.05) is 0 Å². The number of hydrogen-bond donors (Lipinski definition) is 19. The van der Waals surface area contributed by atoms with E-state index in [9.17, 15) is 73.2 Å². The molecule has 11 atom stereocenters. The molecule has 0 rings (SSSR count). The molecule has 0 bridgehead atoms. The number of nitrogens with one attached hydrogen (secondary N) is 9. The van der Waals surface area contributed by atoms with E-state index in [0.29, 0.717) is 19.4 Å². The Labute approximate surface area is 459 Å². The van der Waals surface area contributed by atoms with E-state index in [2.05, 4.69) is 78.1 Å². The number of aliphatic hydroxyl groups is 2. The highest BCUT2D eigenvalue weighted by Gasteiger charge is 2.37. The molecule has 21 N–H and O–H groups in total. The van der Waals surface area contributed by atoms with E-state index in [-0.39, 0.29) is 67.9 Å². The molecule has 440 valence electrons. The van der Waals surface area contributed by atoms with Crippen LogP contribution in [0.5, 0.6) is 0 Å². The quantitative estimate of drug-likeness (QED) is 0.0119. The molecule has 9 amide bonds. The van der Waals surface area contributed by atoms with Gasteiger partial charge in [-0.3, -0.25) is 52.9 Å². The Morgan fingerprint density at radius 1 is 0.506 bits per heavy atom. The number of guanidine groups is 1. The molecule has 0 aromatic carbocycles. The number of aliphatic carboxylic acids is 2. The SMILES string of the molecule is CC(C)C[C@H](NC(=O)[C@H](CCCN=C(N)N)NC(=O)[C@H](CC(C)C)NC(=O)[C@@H](NC(=O)[C@H](CO)NC(=O)[C@H](CC(=O)O)NC(=O)[C@H](CS)NC(=O)[C@@H](N)CCCCN)[C@@H](C)O)C(=O)N[C@@H](CS)C(=O)N[C@H](C(=O)O)C(C)C. The van der Waals surface area contributed by atoms with Crippen molar-refractivity contribution in [2.75, 3.05) is 31.2 Å². The van der Waals surface area contributed by atoms with Gasteiger partial charge in [0.05, 0.1) is 25.2 Å².